The first-order valence-electron chi connectivity index (χ1n) is 10.5. The number of methoxy groups -OCH3 is 1. The topological polar surface area (TPSA) is 46.5 Å². The predicted molar refractivity (Wildman–Crippen MR) is 112 cm³/mol. The van der Waals surface area contributed by atoms with E-state index in [0.29, 0.717) is 0 Å². The Hall–Kier alpha value is -2.29. The van der Waals surface area contributed by atoms with Crippen LogP contribution in [0.1, 0.15) is 51.0 Å². The molecule has 1 aromatic carbocycles. The van der Waals surface area contributed by atoms with Crippen molar-refractivity contribution < 1.29 is 14.6 Å². The molecule has 0 aliphatic heterocycles. The highest BCUT2D eigenvalue weighted by atomic mass is 16.5. The molecule has 148 valence electrons. The van der Waals surface area contributed by atoms with E-state index in [1.54, 1.807) is 7.11 Å². The number of carboxylic acids is 1. The highest BCUT2D eigenvalue weighted by Gasteiger charge is 2.53. The Morgan fingerprint density at radius 2 is 1.71 bits per heavy atom. The van der Waals surface area contributed by atoms with E-state index in [-0.39, 0.29) is 5.41 Å². The molecule has 28 heavy (non-hydrogen) atoms. The third-order valence-corrected chi connectivity index (χ3v) is 7.02. The smallest absolute Gasteiger partial charge is 0.328 e. The lowest BCUT2D eigenvalue weighted by molar-refractivity contribution is -0.131. The van der Waals surface area contributed by atoms with Crippen molar-refractivity contribution in [2.75, 3.05) is 7.11 Å². The quantitative estimate of drug-likeness (QED) is 0.496. The Morgan fingerprint density at radius 3 is 2.25 bits per heavy atom. The first-order valence-corrected chi connectivity index (χ1v) is 10.5. The molecule has 5 rings (SSSR count). The maximum Gasteiger partial charge on any atom is 0.328 e. The van der Waals surface area contributed by atoms with Gasteiger partial charge in [-0.3, -0.25) is 0 Å². The van der Waals surface area contributed by atoms with Crippen LogP contribution in [0.3, 0.4) is 0 Å². The lowest BCUT2D eigenvalue weighted by atomic mass is 9.47. The number of allylic oxidation sites excluding steroid dienone is 5. The van der Waals surface area contributed by atoms with Crippen LogP contribution in [-0.4, -0.2) is 18.2 Å². The summed E-state index contributed by atoms with van der Waals surface area (Å²) in [5, 5.41) is 9.78. The fourth-order valence-corrected chi connectivity index (χ4v) is 6.46. The van der Waals surface area contributed by atoms with Gasteiger partial charge in [0.05, 0.1) is 7.11 Å². The van der Waals surface area contributed by atoms with E-state index in [4.69, 9.17) is 4.74 Å². The highest BCUT2D eigenvalue weighted by Crippen LogP contribution is 2.64. The molecule has 1 N–H and O–H groups in total. The lowest BCUT2D eigenvalue weighted by Gasteiger charge is -2.58. The highest BCUT2D eigenvalue weighted by molar-refractivity contribution is 5.92. The Balaban J connectivity index is 1.87. The maximum absolute atomic E-state index is 11.9. The summed E-state index contributed by atoms with van der Waals surface area (Å²) in [5.41, 5.74) is 2.97. The zero-order valence-corrected chi connectivity index (χ0v) is 16.9. The van der Waals surface area contributed by atoms with Crippen molar-refractivity contribution in [1.29, 1.82) is 0 Å². The Labute approximate surface area is 167 Å². The summed E-state index contributed by atoms with van der Waals surface area (Å²) >= 11 is 0. The summed E-state index contributed by atoms with van der Waals surface area (Å²) in [6, 6.07) is 7.96. The molecule has 4 aliphatic rings. The number of carbonyl (C=O) groups is 1. The largest absolute Gasteiger partial charge is 0.496 e. The maximum atomic E-state index is 11.9. The molecular formula is C25H30O3. The van der Waals surface area contributed by atoms with Gasteiger partial charge in [-0.15, -0.1) is 0 Å². The van der Waals surface area contributed by atoms with E-state index in [0.717, 1.165) is 59.5 Å². The Morgan fingerprint density at radius 1 is 1.11 bits per heavy atom. The summed E-state index contributed by atoms with van der Waals surface area (Å²) in [4.78, 5) is 11.9. The molecule has 0 radical (unpaired) electrons. The second-order valence-corrected chi connectivity index (χ2v) is 8.90. The summed E-state index contributed by atoms with van der Waals surface area (Å²) in [6.45, 7) is 1.99. The van der Waals surface area contributed by atoms with Gasteiger partial charge in [-0.1, -0.05) is 36.4 Å². The molecule has 4 bridgehead atoms. The normalized spacial score (nSPS) is 32.1. The van der Waals surface area contributed by atoms with Gasteiger partial charge in [0.1, 0.15) is 5.75 Å². The van der Waals surface area contributed by atoms with Crippen molar-refractivity contribution in [2.24, 2.45) is 23.2 Å². The van der Waals surface area contributed by atoms with Gasteiger partial charge in [0.15, 0.2) is 0 Å². The second-order valence-electron chi connectivity index (χ2n) is 8.90. The van der Waals surface area contributed by atoms with Gasteiger partial charge in [0, 0.05) is 11.6 Å². The van der Waals surface area contributed by atoms with Crippen LogP contribution < -0.4 is 4.74 Å². The van der Waals surface area contributed by atoms with Crippen molar-refractivity contribution >= 4 is 11.5 Å². The number of hydrogen-bond acceptors (Lipinski definition) is 2. The number of carboxylic acid groups (broad SMARTS) is 1. The molecule has 0 spiro atoms. The van der Waals surface area contributed by atoms with Crippen LogP contribution in [0.15, 0.2) is 54.1 Å². The molecule has 3 heteroatoms. The average Bonchev–Trinajstić information content (AvgIpc) is 2.66. The molecule has 0 saturated heterocycles. The fourth-order valence-electron chi connectivity index (χ4n) is 6.46. The van der Waals surface area contributed by atoms with Crippen molar-refractivity contribution in [1.82, 2.24) is 0 Å². The molecule has 0 heterocycles. The molecule has 1 aromatic rings. The summed E-state index contributed by atoms with van der Waals surface area (Å²) < 4.78 is 5.64. The molecule has 0 unspecified atom stereocenters. The minimum atomic E-state index is -0.855. The summed E-state index contributed by atoms with van der Waals surface area (Å²) in [7, 11) is 1.68. The molecule has 0 aromatic heterocycles. The van der Waals surface area contributed by atoms with Gasteiger partial charge in [0.2, 0.25) is 0 Å². The average molecular weight is 379 g/mol. The van der Waals surface area contributed by atoms with Gasteiger partial charge in [-0.2, -0.15) is 0 Å². The van der Waals surface area contributed by atoms with E-state index in [1.165, 1.54) is 25.3 Å². The van der Waals surface area contributed by atoms with Crippen LogP contribution in [-0.2, 0) is 4.79 Å². The van der Waals surface area contributed by atoms with E-state index in [9.17, 15) is 9.90 Å². The molecule has 4 saturated carbocycles. The van der Waals surface area contributed by atoms with Gasteiger partial charge >= 0.3 is 5.97 Å². The number of para-hydroxylation sites is 1. The second kappa shape index (κ2) is 7.62. The van der Waals surface area contributed by atoms with Crippen molar-refractivity contribution in [3.63, 3.8) is 0 Å². The summed E-state index contributed by atoms with van der Waals surface area (Å²) in [6.07, 6.45) is 15.0. The van der Waals surface area contributed by atoms with Crippen LogP contribution in [0.5, 0.6) is 5.75 Å². The zero-order valence-electron chi connectivity index (χ0n) is 16.9. The molecule has 0 atom stereocenters. The number of aliphatic carboxylic acids is 1. The van der Waals surface area contributed by atoms with Gasteiger partial charge < -0.3 is 9.84 Å². The van der Waals surface area contributed by atoms with E-state index in [1.807, 2.05) is 43.3 Å². The number of ether oxygens (including phenoxy) is 1. The van der Waals surface area contributed by atoms with Crippen molar-refractivity contribution in [2.45, 2.75) is 45.4 Å². The van der Waals surface area contributed by atoms with Gasteiger partial charge in [-0.05, 0) is 85.8 Å². The monoisotopic (exact) mass is 378 g/mol. The minimum Gasteiger partial charge on any atom is -0.496 e. The summed E-state index contributed by atoms with van der Waals surface area (Å²) in [5.74, 6) is 2.20. The van der Waals surface area contributed by atoms with Gasteiger partial charge in [-0.25, -0.2) is 4.79 Å². The SMILES string of the molecule is C/C=C/C=C(/C(=C/C(=O)O)C12CC3CC(CC(C3)C1)C2)c1ccccc1OC. The number of benzene rings is 1. The first-order chi connectivity index (χ1) is 13.5. The van der Waals surface area contributed by atoms with Crippen LogP contribution in [0.2, 0.25) is 0 Å². The van der Waals surface area contributed by atoms with Crippen LogP contribution >= 0.6 is 0 Å². The molecule has 4 aliphatic carbocycles. The first kappa shape index (κ1) is 19.0. The molecular weight excluding hydrogens is 348 g/mol. The molecule has 0 amide bonds. The van der Waals surface area contributed by atoms with Gasteiger partial charge in [0.25, 0.3) is 0 Å². The Bertz CT molecular complexity index is 808. The van der Waals surface area contributed by atoms with Crippen molar-refractivity contribution in [3.05, 3.63) is 59.7 Å². The Kier molecular flexibility index (Phi) is 5.18. The standard InChI is InChI=1S/C25H30O3/c1-3-4-7-20(21-8-5-6-9-23(21)28-2)22(13-24(26)27)25-14-17-10-18(15-25)12-19(11-17)16-25/h3-9,13,17-19H,10-12,14-16H2,1-2H3,(H,26,27)/b4-3+,20-7+,22-13-. The van der Waals surface area contributed by atoms with Crippen LogP contribution in [0, 0.1) is 23.2 Å². The van der Waals surface area contributed by atoms with Crippen LogP contribution in [0.4, 0.5) is 0 Å². The third-order valence-electron chi connectivity index (χ3n) is 7.02. The fraction of sp³-hybridized carbons (Fsp3) is 0.480. The number of rotatable bonds is 6. The van der Waals surface area contributed by atoms with Crippen LogP contribution in [0.25, 0.3) is 5.57 Å². The van der Waals surface area contributed by atoms with E-state index >= 15 is 0 Å². The molecule has 4 fully saturated rings. The van der Waals surface area contributed by atoms with E-state index in [2.05, 4.69) is 6.08 Å². The van der Waals surface area contributed by atoms with E-state index < -0.39 is 5.97 Å². The minimum absolute atomic E-state index is 0.0125. The molecule has 3 nitrogen and oxygen atoms in total. The van der Waals surface area contributed by atoms with Crippen molar-refractivity contribution in [3.8, 4) is 5.75 Å². The lowest BCUT2D eigenvalue weighted by Crippen LogP contribution is -2.47. The number of hydrogen-bond donors (Lipinski definition) is 1. The zero-order chi connectivity index (χ0) is 19.7. The third kappa shape index (κ3) is 3.43. The predicted octanol–water partition coefficient (Wildman–Crippen LogP) is 5.88.